The summed E-state index contributed by atoms with van der Waals surface area (Å²) in [5.41, 5.74) is 12.3. The van der Waals surface area contributed by atoms with Gasteiger partial charge in [-0.15, -0.1) is 68.6 Å². The summed E-state index contributed by atoms with van der Waals surface area (Å²) in [7, 11) is 0. The van der Waals surface area contributed by atoms with Crippen molar-refractivity contribution >= 4 is 27.0 Å². The smallest absolute Gasteiger partial charge is 0.0276 e. The van der Waals surface area contributed by atoms with Gasteiger partial charge in [-0.25, -0.2) is 0 Å². The zero-order valence-corrected chi connectivity index (χ0v) is 31.6. The molecule has 0 N–H and O–H groups in total. The minimum absolute atomic E-state index is 0. The first-order valence-corrected chi connectivity index (χ1v) is 20.7. The summed E-state index contributed by atoms with van der Waals surface area (Å²) in [6.45, 7) is 17.8. The summed E-state index contributed by atoms with van der Waals surface area (Å²) < 4.78 is 0. The largest absolute Gasteiger partial charge is 1.00 e. The normalized spacial score (nSPS) is 10.3. The van der Waals surface area contributed by atoms with Crippen LogP contribution < -0.4 is 24.8 Å². The molecule has 0 unspecified atom stereocenters. The molecule has 0 radical (unpaired) electrons. The van der Waals surface area contributed by atoms with Gasteiger partial charge in [-0.3, -0.25) is 0 Å². The zero-order chi connectivity index (χ0) is 29.7. The van der Waals surface area contributed by atoms with Crippen LogP contribution >= 0.6 is 0 Å². The first-order valence-electron chi connectivity index (χ1n) is 14.6. The summed E-state index contributed by atoms with van der Waals surface area (Å²) in [6, 6.07) is 37.8. The molecule has 0 amide bonds. The van der Waals surface area contributed by atoms with E-state index in [1.807, 2.05) is 0 Å². The van der Waals surface area contributed by atoms with Crippen LogP contribution in [0.4, 0.5) is 0 Å². The van der Waals surface area contributed by atoms with Crippen molar-refractivity contribution in [2.45, 2.75) is 60.6 Å². The van der Waals surface area contributed by atoms with Crippen LogP contribution in [0.15, 0.2) is 103 Å². The summed E-state index contributed by atoms with van der Waals surface area (Å²) >= 11 is 1.74. The number of aryl methyl sites for hydroxylation is 4. The van der Waals surface area contributed by atoms with Gasteiger partial charge in [0.15, 0.2) is 0 Å². The number of hydrogen-bond acceptors (Lipinski definition) is 0. The van der Waals surface area contributed by atoms with Crippen molar-refractivity contribution in [2.75, 3.05) is 0 Å². The van der Waals surface area contributed by atoms with E-state index in [2.05, 4.69) is 158 Å². The Labute approximate surface area is 286 Å². The third-order valence-corrected chi connectivity index (χ3v) is 7.35. The SMILES string of the molecule is C[Si](C)=[Zr+2].Cc1cccc(-c2ccc(C)c3[cH-]c(C)cc23)c1.Cc1cccc(-c2cccc3[cH-]c(C(C)C)cc23)c1.[Cl-].[Cl-]. The average molecular weight is 701 g/mol. The fraction of sp³-hybridized carbons (Fsp3) is 0.231. The van der Waals surface area contributed by atoms with Crippen molar-refractivity contribution < 1.29 is 48.1 Å². The van der Waals surface area contributed by atoms with Crippen molar-refractivity contribution in [3.63, 3.8) is 0 Å². The van der Waals surface area contributed by atoms with Crippen LogP contribution in [0, 0.1) is 27.7 Å². The molecule has 6 rings (SSSR count). The summed E-state index contributed by atoms with van der Waals surface area (Å²) in [5.74, 6) is 0.581. The second-order valence-electron chi connectivity index (χ2n) is 11.8. The van der Waals surface area contributed by atoms with Gasteiger partial charge in [-0.05, 0) is 30.9 Å². The number of benzene rings is 4. The quantitative estimate of drug-likeness (QED) is 0.167. The molecule has 43 heavy (non-hydrogen) atoms. The number of fused-ring (bicyclic) bond motifs is 2. The Hall–Kier alpha value is -2.22. The minimum Gasteiger partial charge on any atom is -1.00 e. The second kappa shape index (κ2) is 16.7. The molecule has 0 spiro atoms. The van der Waals surface area contributed by atoms with E-state index in [1.54, 1.807) is 23.3 Å². The molecule has 0 atom stereocenters. The van der Waals surface area contributed by atoms with Crippen LogP contribution in [0.1, 0.15) is 47.6 Å². The fourth-order valence-corrected chi connectivity index (χ4v) is 5.31. The van der Waals surface area contributed by atoms with Crippen molar-refractivity contribution in [3.05, 3.63) is 131 Å². The molecule has 0 fully saturated rings. The second-order valence-corrected chi connectivity index (χ2v) is 21.2. The molecule has 4 heteroatoms. The fourth-order valence-electron chi connectivity index (χ4n) is 5.31. The van der Waals surface area contributed by atoms with Gasteiger partial charge in [0.05, 0.1) is 0 Å². The van der Waals surface area contributed by atoms with Gasteiger partial charge >= 0.3 is 41.9 Å². The third-order valence-electron chi connectivity index (χ3n) is 7.35. The summed E-state index contributed by atoms with van der Waals surface area (Å²) in [6.07, 6.45) is 0. The molecule has 6 aromatic carbocycles. The standard InChI is InChI=1S/C19H19.C18H17.C2H6Si.2ClH.Zr/c1-13(2)17-11-16-8-5-9-18(19(16)12-17)15-7-4-6-14(3)10-15;1-12-5-4-6-15(9-12)16-8-7-14(3)17-10-13(2)11-18(16)17;1-3-2;;;/h4-13H,1-3H3;4-11H,1-3H3;1-2H3;2*1H;/q2*-1;;;;+2/p-2. The number of rotatable bonds is 3. The van der Waals surface area contributed by atoms with E-state index in [0.717, 1.165) is 0 Å². The minimum atomic E-state index is 0. The molecule has 0 nitrogen and oxygen atoms in total. The van der Waals surface area contributed by atoms with E-state index in [9.17, 15) is 0 Å². The van der Waals surface area contributed by atoms with Crippen molar-refractivity contribution in [1.29, 1.82) is 0 Å². The molecule has 0 heterocycles. The maximum Gasteiger partial charge on any atom is -0.0276 e. The maximum absolute atomic E-state index is 2.34. The van der Waals surface area contributed by atoms with Crippen LogP contribution in [-0.4, -0.2) is 5.43 Å². The first-order chi connectivity index (χ1) is 19.5. The van der Waals surface area contributed by atoms with Crippen LogP contribution in [-0.2, 0) is 23.3 Å². The Bertz CT molecular complexity index is 1800. The molecular formula is C39H42Cl2SiZr-2. The first kappa shape index (κ1) is 37.0. The summed E-state index contributed by atoms with van der Waals surface area (Å²) in [5, 5.41) is 5.48. The molecule has 0 aliphatic rings. The van der Waals surface area contributed by atoms with E-state index >= 15 is 0 Å². The molecule has 0 aliphatic heterocycles. The molecule has 0 bridgehead atoms. The van der Waals surface area contributed by atoms with Gasteiger partial charge in [0.25, 0.3) is 0 Å². The Morgan fingerprint density at radius 2 is 1.16 bits per heavy atom. The van der Waals surface area contributed by atoms with E-state index in [0.29, 0.717) is 5.92 Å². The van der Waals surface area contributed by atoms with Gasteiger partial charge in [0.1, 0.15) is 0 Å². The number of halogens is 2. The Morgan fingerprint density at radius 3 is 1.70 bits per heavy atom. The topological polar surface area (TPSA) is 0 Å². The van der Waals surface area contributed by atoms with Gasteiger partial charge in [0, 0.05) is 0 Å². The Morgan fingerprint density at radius 1 is 0.628 bits per heavy atom. The Balaban J connectivity index is 0.000000257. The molecule has 0 saturated carbocycles. The average Bonchev–Trinajstić information content (AvgIpc) is 3.53. The van der Waals surface area contributed by atoms with E-state index in [1.165, 1.54) is 71.6 Å². The van der Waals surface area contributed by atoms with E-state index in [4.69, 9.17) is 0 Å². The van der Waals surface area contributed by atoms with Gasteiger partial charge in [-0.1, -0.05) is 111 Å². The van der Waals surface area contributed by atoms with Crippen molar-refractivity contribution in [1.82, 2.24) is 0 Å². The van der Waals surface area contributed by atoms with Gasteiger partial charge < -0.3 is 24.8 Å². The summed E-state index contributed by atoms with van der Waals surface area (Å²) in [4.78, 5) is 0. The maximum atomic E-state index is 2.34. The van der Waals surface area contributed by atoms with Gasteiger partial charge in [-0.2, -0.15) is 12.1 Å². The van der Waals surface area contributed by atoms with Crippen LogP contribution in [0.3, 0.4) is 0 Å². The molecule has 0 aliphatic carbocycles. The van der Waals surface area contributed by atoms with Gasteiger partial charge in [0.2, 0.25) is 0 Å². The van der Waals surface area contributed by atoms with Crippen molar-refractivity contribution in [3.8, 4) is 22.3 Å². The molecule has 6 aromatic rings. The molecular weight excluding hydrogens is 659 g/mol. The zero-order valence-electron chi connectivity index (χ0n) is 26.6. The molecule has 0 aromatic heterocycles. The van der Waals surface area contributed by atoms with Crippen LogP contribution in [0.25, 0.3) is 43.8 Å². The molecule has 0 saturated heterocycles. The predicted octanol–water partition coefficient (Wildman–Crippen LogP) is 5.60. The monoisotopic (exact) mass is 698 g/mol. The van der Waals surface area contributed by atoms with Crippen molar-refractivity contribution in [2.24, 2.45) is 0 Å². The van der Waals surface area contributed by atoms with E-state index in [-0.39, 0.29) is 30.2 Å². The van der Waals surface area contributed by atoms with Crippen LogP contribution in [0.5, 0.6) is 0 Å². The number of hydrogen-bond donors (Lipinski definition) is 0. The third kappa shape index (κ3) is 9.63. The Kier molecular flexibility index (Phi) is 14.4. The predicted molar refractivity (Wildman–Crippen MR) is 180 cm³/mol. The molecule has 222 valence electrons. The van der Waals surface area contributed by atoms with E-state index < -0.39 is 0 Å². The van der Waals surface area contributed by atoms with Crippen LogP contribution in [0.2, 0.25) is 13.1 Å².